The molecule has 5 nitrogen and oxygen atoms in total. The van der Waals surface area contributed by atoms with E-state index in [9.17, 15) is 0 Å². The Morgan fingerprint density at radius 2 is 2.36 bits per heavy atom. The Labute approximate surface area is 83.9 Å². The highest BCUT2D eigenvalue weighted by molar-refractivity contribution is 4.79. The van der Waals surface area contributed by atoms with Gasteiger partial charge in [0.15, 0.2) is 5.82 Å². The average Bonchev–Trinajstić information content (AvgIpc) is 2.89. The average molecular weight is 195 g/mol. The van der Waals surface area contributed by atoms with E-state index in [0.717, 1.165) is 24.8 Å². The molecule has 0 amide bonds. The van der Waals surface area contributed by atoms with Gasteiger partial charge < -0.3 is 5.32 Å². The quantitative estimate of drug-likeness (QED) is 0.721. The van der Waals surface area contributed by atoms with Crippen LogP contribution >= 0.6 is 0 Å². The molecule has 1 aromatic rings. The maximum Gasteiger partial charge on any atom is 0.165 e. The molecule has 2 rings (SSSR count). The van der Waals surface area contributed by atoms with Gasteiger partial charge in [-0.2, -0.15) is 0 Å². The summed E-state index contributed by atoms with van der Waals surface area (Å²) in [6.45, 7) is 1.71. The van der Waals surface area contributed by atoms with Gasteiger partial charge in [-0.1, -0.05) is 12.8 Å². The van der Waals surface area contributed by atoms with Gasteiger partial charge in [-0.3, -0.25) is 0 Å². The van der Waals surface area contributed by atoms with Crippen LogP contribution in [0.4, 0.5) is 0 Å². The number of hydrogen-bond acceptors (Lipinski definition) is 4. The molecule has 1 heterocycles. The lowest BCUT2D eigenvalue weighted by molar-refractivity contribution is 0.502. The largest absolute Gasteiger partial charge is 0.313 e. The highest BCUT2D eigenvalue weighted by Gasteiger charge is 2.20. The van der Waals surface area contributed by atoms with Crippen LogP contribution in [0, 0.1) is 5.92 Å². The summed E-state index contributed by atoms with van der Waals surface area (Å²) in [5.74, 6) is 1.93. The summed E-state index contributed by atoms with van der Waals surface area (Å²) in [5.41, 5.74) is 0. The van der Waals surface area contributed by atoms with Crippen molar-refractivity contribution in [1.29, 1.82) is 0 Å². The maximum atomic E-state index is 3.97. The monoisotopic (exact) mass is 195 g/mol. The number of hydrogen-bond donors (Lipinski definition) is 1. The van der Waals surface area contributed by atoms with Gasteiger partial charge >= 0.3 is 0 Å². The molecule has 14 heavy (non-hydrogen) atoms. The zero-order chi connectivity index (χ0) is 9.80. The first kappa shape index (κ1) is 9.58. The van der Waals surface area contributed by atoms with Crippen molar-refractivity contribution in [2.24, 2.45) is 5.92 Å². The summed E-state index contributed by atoms with van der Waals surface area (Å²) in [4.78, 5) is 0. The van der Waals surface area contributed by atoms with Crippen molar-refractivity contribution in [2.75, 3.05) is 7.05 Å². The molecule has 1 aromatic heterocycles. The maximum absolute atomic E-state index is 3.97. The minimum atomic E-state index is 0.746. The Kier molecular flexibility index (Phi) is 3.08. The summed E-state index contributed by atoms with van der Waals surface area (Å²) >= 11 is 0. The van der Waals surface area contributed by atoms with E-state index in [1.54, 1.807) is 0 Å². The van der Waals surface area contributed by atoms with Crippen molar-refractivity contribution < 1.29 is 0 Å². The fraction of sp³-hybridized carbons (Fsp3) is 0.889. The molecule has 0 aromatic carbocycles. The van der Waals surface area contributed by atoms with Crippen molar-refractivity contribution in [3.63, 3.8) is 0 Å². The molecule has 0 atom stereocenters. The first-order valence-electron chi connectivity index (χ1n) is 5.30. The van der Waals surface area contributed by atoms with Crippen LogP contribution in [0.15, 0.2) is 0 Å². The third-order valence-corrected chi connectivity index (χ3v) is 2.62. The molecule has 1 N–H and O–H groups in total. The van der Waals surface area contributed by atoms with Crippen LogP contribution in [0.2, 0.25) is 0 Å². The van der Waals surface area contributed by atoms with Crippen LogP contribution in [0.1, 0.15) is 31.5 Å². The molecule has 5 heteroatoms. The van der Waals surface area contributed by atoms with E-state index < -0.39 is 0 Å². The second-order valence-electron chi connectivity index (χ2n) is 3.93. The summed E-state index contributed by atoms with van der Waals surface area (Å²) < 4.78 is 1.90. The van der Waals surface area contributed by atoms with Gasteiger partial charge in [0.2, 0.25) is 0 Å². The van der Waals surface area contributed by atoms with E-state index in [0.29, 0.717) is 0 Å². The van der Waals surface area contributed by atoms with Crippen LogP contribution in [0.5, 0.6) is 0 Å². The van der Waals surface area contributed by atoms with Gasteiger partial charge in [-0.05, 0) is 36.2 Å². The zero-order valence-electron chi connectivity index (χ0n) is 8.61. The van der Waals surface area contributed by atoms with E-state index >= 15 is 0 Å². The lowest BCUT2D eigenvalue weighted by Crippen LogP contribution is -2.13. The summed E-state index contributed by atoms with van der Waals surface area (Å²) in [6, 6.07) is 0. The molecular formula is C9H17N5. The lowest BCUT2D eigenvalue weighted by atomic mass is 10.2. The van der Waals surface area contributed by atoms with Gasteiger partial charge in [-0.25, -0.2) is 4.68 Å². The molecule has 1 aliphatic rings. The topological polar surface area (TPSA) is 55.6 Å². The fourth-order valence-corrected chi connectivity index (χ4v) is 1.62. The lowest BCUT2D eigenvalue weighted by Gasteiger charge is -2.02. The molecule has 1 saturated carbocycles. The predicted molar refractivity (Wildman–Crippen MR) is 52.5 cm³/mol. The molecule has 0 unspecified atom stereocenters. The molecule has 0 bridgehead atoms. The van der Waals surface area contributed by atoms with Gasteiger partial charge in [0, 0.05) is 6.54 Å². The van der Waals surface area contributed by atoms with Crippen molar-refractivity contribution in [3.05, 3.63) is 5.82 Å². The van der Waals surface area contributed by atoms with Crippen molar-refractivity contribution in [3.8, 4) is 0 Å². The van der Waals surface area contributed by atoms with Gasteiger partial charge in [-0.15, -0.1) is 5.10 Å². The molecule has 0 spiro atoms. The molecule has 0 radical (unpaired) electrons. The summed E-state index contributed by atoms with van der Waals surface area (Å²) in [6.07, 6.45) is 5.39. The van der Waals surface area contributed by atoms with Crippen LogP contribution in [0.3, 0.4) is 0 Å². The van der Waals surface area contributed by atoms with E-state index in [1.165, 1.54) is 25.7 Å². The minimum absolute atomic E-state index is 0.746. The second-order valence-corrected chi connectivity index (χ2v) is 3.93. The number of nitrogens with zero attached hydrogens (tertiary/aromatic N) is 4. The summed E-state index contributed by atoms with van der Waals surface area (Å²) in [5, 5.41) is 14.7. The number of nitrogens with one attached hydrogen (secondary N) is 1. The number of aromatic nitrogens is 4. The van der Waals surface area contributed by atoms with Crippen LogP contribution in [-0.2, 0) is 13.1 Å². The van der Waals surface area contributed by atoms with E-state index in [2.05, 4.69) is 20.8 Å². The van der Waals surface area contributed by atoms with E-state index in [4.69, 9.17) is 0 Å². The fourth-order valence-electron chi connectivity index (χ4n) is 1.62. The molecule has 1 fully saturated rings. The van der Waals surface area contributed by atoms with Crippen molar-refractivity contribution >= 4 is 0 Å². The first-order valence-corrected chi connectivity index (χ1v) is 5.30. The normalized spacial score (nSPS) is 16.1. The molecule has 0 aliphatic heterocycles. The first-order chi connectivity index (χ1) is 6.90. The SMILES string of the molecule is CNCc1nnnn1CCCC1CC1. The number of aryl methyl sites for hydroxylation is 1. The van der Waals surface area contributed by atoms with Gasteiger partial charge in [0.05, 0.1) is 6.54 Å². The van der Waals surface area contributed by atoms with E-state index in [-0.39, 0.29) is 0 Å². The summed E-state index contributed by atoms with van der Waals surface area (Å²) in [7, 11) is 1.91. The highest BCUT2D eigenvalue weighted by atomic mass is 15.5. The number of rotatable bonds is 6. The Balaban J connectivity index is 1.78. The zero-order valence-corrected chi connectivity index (χ0v) is 8.61. The highest BCUT2D eigenvalue weighted by Crippen LogP contribution is 2.33. The van der Waals surface area contributed by atoms with E-state index in [1.807, 2.05) is 11.7 Å². The Morgan fingerprint density at radius 1 is 1.50 bits per heavy atom. The van der Waals surface area contributed by atoms with Crippen LogP contribution in [-0.4, -0.2) is 27.3 Å². The van der Waals surface area contributed by atoms with Gasteiger partial charge in [0.25, 0.3) is 0 Å². The minimum Gasteiger partial charge on any atom is -0.313 e. The van der Waals surface area contributed by atoms with Crippen LogP contribution < -0.4 is 5.32 Å². The molecule has 78 valence electrons. The second kappa shape index (κ2) is 4.50. The Bertz CT molecular complexity index is 278. The Hall–Kier alpha value is -0.970. The standard InChI is InChI=1S/C9H17N5/c1-10-7-9-11-12-13-14(9)6-2-3-8-4-5-8/h8,10H,2-7H2,1H3. The predicted octanol–water partition coefficient (Wildman–Crippen LogP) is 0.583. The van der Waals surface area contributed by atoms with Crippen molar-refractivity contribution in [1.82, 2.24) is 25.5 Å². The Morgan fingerprint density at radius 3 is 3.07 bits per heavy atom. The van der Waals surface area contributed by atoms with Gasteiger partial charge in [0.1, 0.15) is 0 Å². The molecule has 1 aliphatic carbocycles. The third-order valence-electron chi connectivity index (χ3n) is 2.62. The number of tetrazole rings is 1. The smallest absolute Gasteiger partial charge is 0.165 e. The molecular weight excluding hydrogens is 178 g/mol. The third kappa shape index (κ3) is 2.51. The molecule has 0 saturated heterocycles. The van der Waals surface area contributed by atoms with Crippen molar-refractivity contribution in [2.45, 2.75) is 38.8 Å². The van der Waals surface area contributed by atoms with Crippen LogP contribution in [0.25, 0.3) is 0 Å².